The van der Waals surface area contributed by atoms with E-state index in [1.807, 2.05) is 19.9 Å². The maximum absolute atomic E-state index is 13.0. The molecule has 0 aromatic heterocycles. The number of carbonyl (C=O) groups is 1. The average molecular weight is 346 g/mol. The fraction of sp³-hybridized carbons (Fsp3) is 0.222. The molecule has 0 fully saturated rings. The van der Waals surface area contributed by atoms with Crippen LogP contribution in [0.25, 0.3) is 0 Å². The number of thiocarbonyl (C=S) groups is 1. The Balaban J connectivity index is 2.06. The van der Waals surface area contributed by atoms with Crippen LogP contribution >= 0.6 is 12.2 Å². The average Bonchev–Trinajstić information content (AvgIpc) is 2.56. The lowest BCUT2D eigenvalue weighted by atomic mass is 10.1. The third-order valence-electron chi connectivity index (χ3n) is 3.62. The molecule has 0 saturated heterocycles. The Morgan fingerprint density at radius 2 is 1.88 bits per heavy atom. The number of esters is 1. The molecule has 0 aliphatic carbocycles. The number of halogens is 1. The van der Waals surface area contributed by atoms with E-state index in [-0.39, 0.29) is 11.9 Å². The topological polar surface area (TPSA) is 50.4 Å². The highest BCUT2D eigenvalue weighted by Crippen LogP contribution is 2.18. The van der Waals surface area contributed by atoms with Gasteiger partial charge in [-0.05, 0) is 61.5 Å². The third-order valence-corrected chi connectivity index (χ3v) is 3.84. The quantitative estimate of drug-likeness (QED) is 0.648. The monoisotopic (exact) mass is 346 g/mol. The molecule has 1 atom stereocenters. The van der Waals surface area contributed by atoms with Crippen LogP contribution in [0.15, 0.2) is 42.5 Å². The summed E-state index contributed by atoms with van der Waals surface area (Å²) < 4.78 is 17.7. The standard InChI is InChI=1S/C18H19FN2O2S/c1-11-4-5-14(17(22)23-3)10-16(11)21-18(24)20-12(2)13-6-8-15(19)9-7-13/h4-10,12H,1-3H3,(H2,20,21,24). The lowest BCUT2D eigenvalue weighted by Gasteiger charge is -2.18. The molecule has 4 nitrogen and oxygen atoms in total. The van der Waals surface area contributed by atoms with Gasteiger partial charge >= 0.3 is 5.97 Å². The molecule has 0 heterocycles. The first-order valence-electron chi connectivity index (χ1n) is 7.42. The van der Waals surface area contributed by atoms with Gasteiger partial charge in [-0.3, -0.25) is 0 Å². The van der Waals surface area contributed by atoms with Crippen molar-refractivity contribution in [2.45, 2.75) is 19.9 Å². The highest BCUT2D eigenvalue weighted by molar-refractivity contribution is 7.80. The Bertz CT molecular complexity index is 747. The molecule has 0 aliphatic heterocycles. The second-order valence-electron chi connectivity index (χ2n) is 5.39. The second-order valence-corrected chi connectivity index (χ2v) is 5.80. The number of carbonyl (C=O) groups excluding carboxylic acids is 1. The molecule has 0 aliphatic rings. The predicted octanol–water partition coefficient (Wildman–Crippen LogP) is 3.97. The number of rotatable bonds is 4. The smallest absolute Gasteiger partial charge is 0.337 e. The van der Waals surface area contributed by atoms with Crippen LogP contribution in [-0.4, -0.2) is 18.2 Å². The molecule has 2 rings (SSSR count). The number of hydrogen-bond acceptors (Lipinski definition) is 3. The zero-order chi connectivity index (χ0) is 17.7. The van der Waals surface area contributed by atoms with Crippen LogP contribution in [0.5, 0.6) is 0 Å². The Morgan fingerprint density at radius 1 is 1.21 bits per heavy atom. The first-order chi connectivity index (χ1) is 11.4. The van der Waals surface area contributed by atoms with Crippen molar-refractivity contribution in [1.29, 1.82) is 0 Å². The van der Waals surface area contributed by atoms with Crippen molar-refractivity contribution >= 4 is 29.0 Å². The van der Waals surface area contributed by atoms with Crippen LogP contribution in [0, 0.1) is 12.7 Å². The van der Waals surface area contributed by atoms with Gasteiger partial charge in [0.2, 0.25) is 0 Å². The van der Waals surface area contributed by atoms with Gasteiger partial charge in [0.05, 0.1) is 18.7 Å². The molecule has 0 saturated carbocycles. The summed E-state index contributed by atoms with van der Waals surface area (Å²) in [4.78, 5) is 11.6. The van der Waals surface area contributed by atoms with Crippen LogP contribution in [-0.2, 0) is 4.74 Å². The SMILES string of the molecule is COC(=O)c1ccc(C)c(NC(=S)NC(C)c2ccc(F)cc2)c1. The molecule has 0 spiro atoms. The molecule has 2 aromatic rings. The van der Waals surface area contributed by atoms with Crippen molar-refractivity contribution < 1.29 is 13.9 Å². The molecular weight excluding hydrogens is 327 g/mol. The molecular formula is C18H19FN2O2S. The Hall–Kier alpha value is -2.47. The molecule has 0 radical (unpaired) electrons. The van der Waals surface area contributed by atoms with E-state index in [1.54, 1.807) is 24.3 Å². The fourth-order valence-electron chi connectivity index (χ4n) is 2.19. The summed E-state index contributed by atoms with van der Waals surface area (Å²) in [5.41, 5.74) is 3.03. The van der Waals surface area contributed by atoms with Gasteiger partial charge in [0, 0.05) is 5.69 Å². The van der Waals surface area contributed by atoms with Crippen LogP contribution in [0.1, 0.15) is 34.5 Å². The van der Waals surface area contributed by atoms with Crippen LogP contribution in [0.3, 0.4) is 0 Å². The highest BCUT2D eigenvalue weighted by atomic mass is 32.1. The van der Waals surface area contributed by atoms with E-state index in [1.165, 1.54) is 19.2 Å². The Morgan fingerprint density at radius 3 is 2.50 bits per heavy atom. The molecule has 2 N–H and O–H groups in total. The van der Waals surface area contributed by atoms with Gasteiger partial charge in [-0.2, -0.15) is 0 Å². The number of anilines is 1. The zero-order valence-corrected chi connectivity index (χ0v) is 14.5. The lowest BCUT2D eigenvalue weighted by Crippen LogP contribution is -2.31. The summed E-state index contributed by atoms with van der Waals surface area (Å²) in [5.74, 6) is -0.682. The Kier molecular flexibility index (Phi) is 5.87. The van der Waals surface area contributed by atoms with E-state index < -0.39 is 5.97 Å². The fourth-order valence-corrected chi connectivity index (χ4v) is 2.48. The highest BCUT2D eigenvalue weighted by Gasteiger charge is 2.11. The number of benzene rings is 2. The number of aryl methyl sites for hydroxylation is 1. The van der Waals surface area contributed by atoms with Crippen LogP contribution in [0.4, 0.5) is 10.1 Å². The maximum atomic E-state index is 13.0. The lowest BCUT2D eigenvalue weighted by molar-refractivity contribution is 0.0601. The molecule has 0 amide bonds. The minimum absolute atomic E-state index is 0.0882. The maximum Gasteiger partial charge on any atom is 0.337 e. The summed E-state index contributed by atoms with van der Waals surface area (Å²) in [6.07, 6.45) is 0. The van der Waals surface area contributed by atoms with Gasteiger partial charge in [-0.1, -0.05) is 18.2 Å². The van der Waals surface area contributed by atoms with Gasteiger partial charge in [0.1, 0.15) is 5.82 Å². The summed E-state index contributed by atoms with van der Waals surface area (Å²) in [6.45, 7) is 3.84. The molecule has 6 heteroatoms. The third kappa shape index (κ3) is 4.52. The first-order valence-corrected chi connectivity index (χ1v) is 7.83. The number of hydrogen-bond donors (Lipinski definition) is 2. The first kappa shape index (κ1) is 17.9. The van der Waals surface area contributed by atoms with Crippen molar-refractivity contribution in [2.24, 2.45) is 0 Å². The van der Waals surface area contributed by atoms with Gasteiger partial charge in [0.25, 0.3) is 0 Å². The van der Waals surface area contributed by atoms with Crippen molar-refractivity contribution in [2.75, 3.05) is 12.4 Å². The van der Waals surface area contributed by atoms with E-state index in [9.17, 15) is 9.18 Å². The van der Waals surface area contributed by atoms with Gasteiger partial charge in [-0.15, -0.1) is 0 Å². The molecule has 24 heavy (non-hydrogen) atoms. The molecule has 0 bridgehead atoms. The minimum Gasteiger partial charge on any atom is -0.465 e. The van der Waals surface area contributed by atoms with Crippen LogP contribution < -0.4 is 10.6 Å². The summed E-state index contributed by atoms with van der Waals surface area (Å²) in [7, 11) is 1.34. The van der Waals surface area contributed by atoms with Gasteiger partial charge in [-0.25, -0.2) is 9.18 Å². The molecule has 1 unspecified atom stereocenters. The Labute approximate surface area is 146 Å². The van der Waals surface area contributed by atoms with Gasteiger partial charge in [0.15, 0.2) is 5.11 Å². The van der Waals surface area contributed by atoms with Crippen molar-refractivity contribution in [1.82, 2.24) is 5.32 Å². The summed E-state index contributed by atoms with van der Waals surface area (Å²) in [5, 5.41) is 6.63. The summed E-state index contributed by atoms with van der Waals surface area (Å²) in [6, 6.07) is 11.4. The minimum atomic E-state index is -0.406. The van der Waals surface area contributed by atoms with Crippen molar-refractivity contribution in [3.05, 3.63) is 65.0 Å². The number of nitrogens with one attached hydrogen (secondary N) is 2. The second kappa shape index (κ2) is 7.88. The number of methoxy groups -OCH3 is 1. The number of ether oxygens (including phenoxy) is 1. The van der Waals surface area contributed by atoms with Gasteiger partial charge < -0.3 is 15.4 Å². The van der Waals surface area contributed by atoms with Crippen molar-refractivity contribution in [3.63, 3.8) is 0 Å². The van der Waals surface area contributed by atoms with Crippen molar-refractivity contribution in [3.8, 4) is 0 Å². The normalized spacial score (nSPS) is 11.5. The van der Waals surface area contributed by atoms with E-state index in [2.05, 4.69) is 10.6 Å². The van der Waals surface area contributed by atoms with E-state index in [0.29, 0.717) is 10.7 Å². The van der Waals surface area contributed by atoms with E-state index in [4.69, 9.17) is 17.0 Å². The molecule has 2 aromatic carbocycles. The van der Waals surface area contributed by atoms with E-state index in [0.717, 1.165) is 16.8 Å². The largest absolute Gasteiger partial charge is 0.465 e. The molecule has 126 valence electrons. The van der Waals surface area contributed by atoms with Crippen LogP contribution in [0.2, 0.25) is 0 Å². The van der Waals surface area contributed by atoms with E-state index >= 15 is 0 Å². The predicted molar refractivity (Wildman–Crippen MR) is 96.7 cm³/mol. The summed E-state index contributed by atoms with van der Waals surface area (Å²) >= 11 is 5.32. The zero-order valence-electron chi connectivity index (χ0n) is 13.7.